The lowest BCUT2D eigenvalue weighted by atomic mass is 10.2. The molecule has 0 aromatic carbocycles. The van der Waals surface area contributed by atoms with Gasteiger partial charge in [-0.05, 0) is 19.9 Å². The average Bonchev–Trinajstić information content (AvgIpc) is 3.28. The summed E-state index contributed by atoms with van der Waals surface area (Å²) in [5.74, 6) is -0.987. The Balaban J connectivity index is 1.90. The Morgan fingerprint density at radius 1 is 1.14 bits per heavy atom. The minimum absolute atomic E-state index is 0.0321. The number of nitrogens with one attached hydrogen (secondary N) is 1. The van der Waals surface area contributed by atoms with E-state index in [1.165, 1.54) is 12.4 Å². The van der Waals surface area contributed by atoms with Crippen molar-refractivity contribution in [3.05, 3.63) is 41.9 Å². The second-order valence-electron chi connectivity index (χ2n) is 5.62. The van der Waals surface area contributed by atoms with Gasteiger partial charge in [-0.2, -0.15) is 32.9 Å². The molecule has 0 atom stereocenters. The summed E-state index contributed by atoms with van der Waals surface area (Å²) < 4.78 is 56.1. The minimum atomic E-state index is -4.67. The summed E-state index contributed by atoms with van der Waals surface area (Å²) in [7, 11) is 0. The Labute approximate surface area is 156 Å². The normalized spacial score (nSPS) is 12.1. The number of halogens is 4. The van der Waals surface area contributed by atoms with Crippen LogP contribution in [-0.2, 0) is 19.3 Å². The fourth-order valence-corrected chi connectivity index (χ4v) is 2.31. The van der Waals surface area contributed by atoms with E-state index in [4.69, 9.17) is 0 Å². The van der Waals surface area contributed by atoms with Gasteiger partial charge in [0.2, 0.25) is 11.9 Å². The van der Waals surface area contributed by atoms with Crippen molar-refractivity contribution in [2.75, 3.05) is 5.43 Å². The van der Waals surface area contributed by atoms with Crippen LogP contribution in [0.2, 0.25) is 0 Å². The molecule has 3 aromatic rings. The molecule has 0 fully saturated rings. The van der Waals surface area contributed by atoms with E-state index in [1.807, 2.05) is 6.92 Å². The van der Waals surface area contributed by atoms with Crippen molar-refractivity contribution in [2.24, 2.45) is 5.10 Å². The topological polar surface area (TPSA) is 85.8 Å². The molecule has 8 nitrogen and oxygen atoms in total. The third kappa shape index (κ3) is 4.15. The highest BCUT2D eigenvalue weighted by molar-refractivity contribution is 5.79. The van der Waals surface area contributed by atoms with Crippen LogP contribution in [0.25, 0.3) is 11.3 Å². The van der Waals surface area contributed by atoms with Crippen LogP contribution < -0.4 is 5.43 Å². The molecule has 0 saturated heterocycles. The van der Waals surface area contributed by atoms with Crippen molar-refractivity contribution in [3.63, 3.8) is 0 Å². The summed E-state index contributed by atoms with van der Waals surface area (Å²) in [6, 6.07) is 0.830. The van der Waals surface area contributed by atoms with Crippen LogP contribution in [0, 0.1) is 5.95 Å². The summed E-state index contributed by atoms with van der Waals surface area (Å²) in [6.07, 6.45) is 0.652. The van der Waals surface area contributed by atoms with Crippen LogP contribution in [0.3, 0.4) is 0 Å². The van der Waals surface area contributed by atoms with Gasteiger partial charge in [0.15, 0.2) is 5.69 Å². The Bertz CT molecular complexity index is 989. The first-order chi connectivity index (χ1) is 13.3. The predicted molar refractivity (Wildman–Crippen MR) is 93.0 cm³/mol. The third-order valence-corrected chi connectivity index (χ3v) is 3.74. The first kappa shape index (κ1) is 19.5. The maximum Gasteiger partial charge on any atom is 0.433 e. The van der Waals surface area contributed by atoms with E-state index in [0.29, 0.717) is 18.7 Å². The van der Waals surface area contributed by atoms with Crippen molar-refractivity contribution in [2.45, 2.75) is 33.1 Å². The van der Waals surface area contributed by atoms with Gasteiger partial charge in [-0.25, -0.2) is 20.1 Å². The van der Waals surface area contributed by atoms with E-state index < -0.39 is 17.8 Å². The van der Waals surface area contributed by atoms with Crippen LogP contribution in [-0.4, -0.2) is 35.7 Å². The van der Waals surface area contributed by atoms with Crippen LogP contribution in [0.4, 0.5) is 23.5 Å². The number of hydrazone groups is 1. The largest absolute Gasteiger partial charge is 0.433 e. The zero-order valence-corrected chi connectivity index (χ0v) is 14.9. The first-order valence-corrected chi connectivity index (χ1v) is 8.31. The van der Waals surface area contributed by atoms with Crippen LogP contribution >= 0.6 is 0 Å². The summed E-state index contributed by atoms with van der Waals surface area (Å²) in [6.45, 7) is 4.45. The van der Waals surface area contributed by atoms with Crippen molar-refractivity contribution in [3.8, 4) is 11.3 Å². The predicted octanol–water partition coefficient (Wildman–Crippen LogP) is 3.18. The summed E-state index contributed by atoms with van der Waals surface area (Å²) in [5, 5.41) is 11.6. The standard InChI is InChI=1S/C16H16F4N8/c1-3-27-9-11(8-22-27)12-5-13(16(18,19)20)25-15(24-12)26-21-6-10-7-23-28(4-2)14(10)17/h5-9H,3-4H2,1-2H3,(H,24,25,26)/b21-6-. The van der Waals surface area contributed by atoms with Gasteiger partial charge in [0.05, 0.1) is 29.9 Å². The monoisotopic (exact) mass is 396 g/mol. The zero-order valence-electron chi connectivity index (χ0n) is 14.9. The van der Waals surface area contributed by atoms with Crippen molar-refractivity contribution in [1.29, 1.82) is 0 Å². The highest BCUT2D eigenvalue weighted by Gasteiger charge is 2.34. The lowest BCUT2D eigenvalue weighted by Gasteiger charge is -2.09. The van der Waals surface area contributed by atoms with Crippen molar-refractivity contribution in [1.82, 2.24) is 29.5 Å². The van der Waals surface area contributed by atoms with Gasteiger partial charge < -0.3 is 0 Å². The van der Waals surface area contributed by atoms with Crippen LogP contribution in [0.1, 0.15) is 25.1 Å². The number of hydrogen-bond donors (Lipinski definition) is 1. The molecule has 0 aliphatic rings. The molecule has 0 saturated carbocycles. The van der Waals surface area contributed by atoms with Gasteiger partial charge in [-0.1, -0.05) is 0 Å². The SMILES string of the molecule is CCn1cc(-c2cc(C(F)(F)F)nc(N/N=C\c3cnn(CC)c3F)n2)cn1. The van der Waals surface area contributed by atoms with E-state index in [0.717, 1.165) is 17.0 Å². The second kappa shape index (κ2) is 7.74. The molecule has 0 unspecified atom stereocenters. The van der Waals surface area contributed by atoms with Crippen LogP contribution in [0.5, 0.6) is 0 Å². The molecule has 0 aliphatic heterocycles. The molecule has 0 spiro atoms. The lowest BCUT2D eigenvalue weighted by molar-refractivity contribution is -0.141. The molecule has 12 heteroatoms. The number of aromatic nitrogens is 6. The highest BCUT2D eigenvalue weighted by atomic mass is 19.4. The van der Waals surface area contributed by atoms with Gasteiger partial charge >= 0.3 is 6.18 Å². The molecule has 0 radical (unpaired) electrons. The Kier molecular flexibility index (Phi) is 5.38. The number of aryl methyl sites for hydroxylation is 2. The number of nitrogens with zero attached hydrogens (tertiary/aromatic N) is 7. The first-order valence-electron chi connectivity index (χ1n) is 8.31. The van der Waals surface area contributed by atoms with E-state index in [9.17, 15) is 17.6 Å². The molecule has 0 aliphatic carbocycles. The molecule has 0 amide bonds. The Hall–Kier alpha value is -3.31. The molecule has 0 bridgehead atoms. The maximum atomic E-state index is 13.9. The van der Waals surface area contributed by atoms with Gasteiger partial charge in [0, 0.05) is 24.8 Å². The summed E-state index contributed by atoms with van der Waals surface area (Å²) in [5.41, 5.74) is 1.68. The average molecular weight is 396 g/mol. The molecule has 148 valence electrons. The Morgan fingerprint density at radius 3 is 2.54 bits per heavy atom. The number of rotatable bonds is 6. The van der Waals surface area contributed by atoms with Crippen molar-refractivity contribution < 1.29 is 17.6 Å². The second-order valence-corrected chi connectivity index (χ2v) is 5.62. The number of anilines is 1. The smallest absolute Gasteiger partial charge is 0.272 e. The Morgan fingerprint density at radius 2 is 1.93 bits per heavy atom. The molecular formula is C16H16F4N8. The zero-order chi connectivity index (χ0) is 20.3. The molecular weight excluding hydrogens is 380 g/mol. The number of alkyl halides is 3. The van der Waals surface area contributed by atoms with Gasteiger partial charge in [0.1, 0.15) is 0 Å². The molecule has 3 rings (SSSR count). The maximum absolute atomic E-state index is 13.9. The molecule has 1 N–H and O–H groups in total. The van der Waals surface area contributed by atoms with Gasteiger partial charge in [-0.3, -0.25) is 4.68 Å². The fraction of sp³-hybridized carbons (Fsp3) is 0.312. The fourth-order valence-electron chi connectivity index (χ4n) is 2.31. The van der Waals surface area contributed by atoms with E-state index in [-0.39, 0.29) is 17.2 Å². The summed E-state index contributed by atoms with van der Waals surface area (Å²) >= 11 is 0. The quantitative estimate of drug-likeness (QED) is 0.393. The van der Waals surface area contributed by atoms with E-state index >= 15 is 0 Å². The minimum Gasteiger partial charge on any atom is -0.272 e. The third-order valence-electron chi connectivity index (χ3n) is 3.74. The van der Waals surface area contributed by atoms with Gasteiger partial charge in [0.25, 0.3) is 0 Å². The lowest BCUT2D eigenvalue weighted by Crippen LogP contribution is -2.11. The number of hydrogen-bond acceptors (Lipinski definition) is 6. The van der Waals surface area contributed by atoms with Crippen LogP contribution in [0.15, 0.2) is 29.8 Å². The molecule has 3 aromatic heterocycles. The summed E-state index contributed by atoms with van der Waals surface area (Å²) in [4.78, 5) is 7.47. The molecule has 3 heterocycles. The van der Waals surface area contributed by atoms with E-state index in [2.05, 4.69) is 30.7 Å². The van der Waals surface area contributed by atoms with E-state index in [1.54, 1.807) is 17.8 Å². The van der Waals surface area contributed by atoms with Gasteiger partial charge in [-0.15, -0.1) is 0 Å². The highest BCUT2D eigenvalue weighted by Crippen LogP contribution is 2.31. The molecule has 28 heavy (non-hydrogen) atoms. The van der Waals surface area contributed by atoms with Crippen molar-refractivity contribution >= 4 is 12.2 Å².